The lowest BCUT2D eigenvalue weighted by atomic mass is 10.1. The number of hydrogen-bond donors (Lipinski definition) is 1. The Bertz CT molecular complexity index is 862. The van der Waals surface area contributed by atoms with Crippen molar-refractivity contribution < 1.29 is 4.74 Å². The number of fused-ring (bicyclic) bond motifs is 1. The molecule has 1 fully saturated rings. The van der Waals surface area contributed by atoms with E-state index in [1.807, 2.05) is 12.1 Å². The van der Waals surface area contributed by atoms with E-state index in [1.54, 1.807) is 18.4 Å². The van der Waals surface area contributed by atoms with Crippen LogP contribution in [0.3, 0.4) is 0 Å². The maximum Gasteiger partial charge on any atom is 0.183 e. The van der Waals surface area contributed by atoms with Crippen LogP contribution in [0.5, 0.6) is 5.75 Å². The fourth-order valence-electron chi connectivity index (χ4n) is 3.57. The summed E-state index contributed by atoms with van der Waals surface area (Å²) < 4.78 is 6.72. The molecule has 2 aromatic carbocycles. The largest absolute Gasteiger partial charge is 0.494 e. The number of nitrogens with one attached hydrogen (secondary N) is 1. The van der Waals surface area contributed by atoms with Crippen LogP contribution < -0.4 is 10.1 Å². The van der Waals surface area contributed by atoms with Gasteiger partial charge in [0.15, 0.2) is 5.13 Å². The second-order valence-electron chi connectivity index (χ2n) is 6.71. The number of rotatable bonds is 6. The zero-order valence-corrected chi connectivity index (χ0v) is 17.2. The maximum absolute atomic E-state index is 5.54. The summed E-state index contributed by atoms with van der Waals surface area (Å²) in [6, 6.07) is 14.6. The summed E-state index contributed by atoms with van der Waals surface area (Å²) in [7, 11) is 1.71. The molecule has 144 valence electrons. The van der Waals surface area contributed by atoms with Crippen molar-refractivity contribution in [2.75, 3.05) is 38.6 Å². The summed E-state index contributed by atoms with van der Waals surface area (Å²) in [5.41, 5.74) is 3.37. The molecule has 1 aliphatic rings. The van der Waals surface area contributed by atoms with E-state index in [0.717, 1.165) is 29.5 Å². The van der Waals surface area contributed by atoms with Gasteiger partial charge >= 0.3 is 0 Å². The van der Waals surface area contributed by atoms with Crippen molar-refractivity contribution in [3.63, 3.8) is 0 Å². The summed E-state index contributed by atoms with van der Waals surface area (Å²) >= 11 is 1.71. The summed E-state index contributed by atoms with van der Waals surface area (Å²) in [5, 5.41) is 4.49. The monoisotopic (exact) mass is 403 g/mol. The molecule has 1 N–H and O–H groups in total. The van der Waals surface area contributed by atoms with Gasteiger partial charge in [0.1, 0.15) is 11.3 Å². The number of halogens is 1. The van der Waals surface area contributed by atoms with Gasteiger partial charge in [-0.25, -0.2) is 4.98 Å². The topological polar surface area (TPSA) is 37.4 Å². The van der Waals surface area contributed by atoms with E-state index in [1.165, 1.54) is 48.2 Å². The third kappa shape index (κ3) is 4.54. The minimum absolute atomic E-state index is 0. The molecule has 1 aromatic heterocycles. The van der Waals surface area contributed by atoms with Crippen molar-refractivity contribution in [3.05, 3.63) is 42.5 Å². The highest BCUT2D eigenvalue weighted by molar-refractivity contribution is 7.22. The molecule has 0 spiro atoms. The summed E-state index contributed by atoms with van der Waals surface area (Å²) in [6.45, 7) is 4.47. The van der Waals surface area contributed by atoms with E-state index in [2.05, 4.69) is 40.5 Å². The molecule has 0 radical (unpaired) electrons. The van der Waals surface area contributed by atoms with Crippen molar-refractivity contribution in [2.45, 2.75) is 19.3 Å². The zero-order valence-electron chi connectivity index (χ0n) is 15.6. The van der Waals surface area contributed by atoms with Gasteiger partial charge in [0, 0.05) is 18.7 Å². The van der Waals surface area contributed by atoms with Crippen molar-refractivity contribution in [1.29, 1.82) is 0 Å². The fourth-order valence-corrected chi connectivity index (χ4v) is 4.62. The molecule has 0 aliphatic carbocycles. The molecule has 0 amide bonds. The number of nitrogens with zero attached hydrogens (tertiary/aromatic N) is 2. The van der Waals surface area contributed by atoms with Crippen molar-refractivity contribution in [1.82, 2.24) is 9.88 Å². The van der Waals surface area contributed by atoms with Crippen molar-refractivity contribution in [3.8, 4) is 16.9 Å². The lowest BCUT2D eigenvalue weighted by Gasteiger charge is -2.26. The van der Waals surface area contributed by atoms with Gasteiger partial charge in [-0.15, -0.1) is 12.4 Å². The molecule has 3 aromatic rings. The van der Waals surface area contributed by atoms with Gasteiger partial charge in [-0.05, 0) is 43.6 Å². The molecular weight excluding hydrogens is 378 g/mol. The third-order valence-corrected chi connectivity index (χ3v) is 6.01. The van der Waals surface area contributed by atoms with Gasteiger partial charge in [-0.1, -0.05) is 48.1 Å². The minimum atomic E-state index is 0. The summed E-state index contributed by atoms with van der Waals surface area (Å²) in [6.07, 6.45) is 4.04. The van der Waals surface area contributed by atoms with Crippen LogP contribution in [-0.2, 0) is 0 Å². The quantitative estimate of drug-likeness (QED) is 0.606. The molecule has 2 heterocycles. The van der Waals surface area contributed by atoms with E-state index < -0.39 is 0 Å². The second kappa shape index (κ2) is 9.40. The molecule has 0 atom stereocenters. The SMILES string of the molecule is COc1ccc(-c2ccccc2)c2sc(NCCN3CCCCC3)nc12.Cl. The normalized spacial score (nSPS) is 14.7. The van der Waals surface area contributed by atoms with Gasteiger partial charge in [0.05, 0.1) is 11.8 Å². The number of benzene rings is 2. The fraction of sp³-hybridized carbons (Fsp3) is 0.381. The highest BCUT2D eigenvalue weighted by Crippen LogP contribution is 2.39. The van der Waals surface area contributed by atoms with E-state index in [0.29, 0.717) is 0 Å². The van der Waals surface area contributed by atoms with Gasteiger partial charge in [-0.3, -0.25) is 0 Å². The van der Waals surface area contributed by atoms with Crippen LogP contribution in [0.1, 0.15) is 19.3 Å². The maximum atomic E-state index is 5.54. The lowest BCUT2D eigenvalue weighted by Crippen LogP contribution is -2.33. The standard InChI is InChI=1S/C21H25N3OS.ClH/c1-25-18-11-10-17(16-8-4-2-5-9-16)20-19(18)23-21(26-20)22-12-15-24-13-6-3-7-14-24;/h2,4-5,8-11H,3,6-7,12-15H2,1H3,(H,22,23);1H. The zero-order chi connectivity index (χ0) is 17.8. The molecule has 0 unspecified atom stereocenters. The number of anilines is 1. The minimum Gasteiger partial charge on any atom is -0.494 e. The molecule has 4 nitrogen and oxygen atoms in total. The van der Waals surface area contributed by atoms with Crippen LogP contribution in [0.25, 0.3) is 21.3 Å². The Morgan fingerprint density at radius 2 is 1.85 bits per heavy atom. The molecule has 4 rings (SSSR count). The van der Waals surface area contributed by atoms with Gasteiger partial charge in [0.2, 0.25) is 0 Å². The highest BCUT2D eigenvalue weighted by Gasteiger charge is 2.15. The predicted octanol–water partition coefficient (Wildman–Crippen LogP) is 5.29. The second-order valence-corrected chi connectivity index (χ2v) is 7.71. The number of piperidine rings is 1. The number of methoxy groups -OCH3 is 1. The Hall–Kier alpha value is -1.82. The van der Waals surface area contributed by atoms with Gasteiger partial charge in [0.25, 0.3) is 0 Å². The predicted molar refractivity (Wildman–Crippen MR) is 118 cm³/mol. The molecule has 0 saturated carbocycles. The van der Waals surface area contributed by atoms with Crippen LogP contribution in [0.2, 0.25) is 0 Å². The molecule has 1 saturated heterocycles. The van der Waals surface area contributed by atoms with Crippen LogP contribution >= 0.6 is 23.7 Å². The Labute approximate surface area is 171 Å². The number of likely N-dealkylation sites (tertiary alicyclic amines) is 1. The first-order chi connectivity index (χ1) is 12.8. The number of thiazole rings is 1. The third-order valence-electron chi connectivity index (χ3n) is 4.96. The lowest BCUT2D eigenvalue weighted by molar-refractivity contribution is 0.237. The Morgan fingerprint density at radius 3 is 2.59 bits per heavy atom. The average Bonchev–Trinajstić information content (AvgIpc) is 3.13. The average molecular weight is 404 g/mol. The Balaban J connectivity index is 0.00000210. The first kappa shape index (κ1) is 19.9. The Kier molecular flexibility index (Phi) is 6.94. The molecule has 1 aliphatic heterocycles. The van der Waals surface area contributed by atoms with Crippen LogP contribution in [0.4, 0.5) is 5.13 Å². The molecule has 6 heteroatoms. The van der Waals surface area contributed by atoms with E-state index in [4.69, 9.17) is 9.72 Å². The number of aromatic nitrogens is 1. The number of hydrogen-bond acceptors (Lipinski definition) is 5. The van der Waals surface area contributed by atoms with E-state index in [-0.39, 0.29) is 12.4 Å². The summed E-state index contributed by atoms with van der Waals surface area (Å²) in [5.74, 6) is 0.833. The molecular formula is C21H26ClN3OS. The van der Waals surface area contributed by atoms with Crippen molar-refractivity contribution in [2.24, 2.45) is 0 Å². The van der Waals surface area contributed by atoms with E-state index >= 15 is 0 Å². The van der Waals surface area contributed by atoms with Crippen LogP contribution in [-0.4, -0.2) is 43.2 Å². The van der Waals surface area contributed by atoms with Crippen LogP contribution in [0.15, 0.2) is 42.5 Å². The Morgan fingerprint density at radius 1 is 1.07 bits per heavy atom. The van der Waals surface area contributed by atoms with Gasteiger partial charge < -0.3 is 15.0 Å². The van der Waals surface area contributed by atoms with E-state index in [9.17, 15) is 0 Å². The van der Waals surface area contributed by atoms with Crippen molar-refractivity contribution >= 4 is 39.1 Å². The van der Waals surface area contributed by atoms with Gasteiger partial charge in [-0.2, -0.15) is 0 Å². The van der Waals surface area contributed by atoms with Crippen LogP contribution in [0, 0.1) is 0 Å². The molecule has 0 bridgehead atoms. The molecule has 27 heavy (non-hydrogen) atoms. The highest BCUT2D eigenvalue weighted by atomic mass is 35.5. The smallest absolute Gasteiger partial charge is 0.183 e. The first-order valence-corrected chi connectivity index (χ1v) is 10.2. The first-order valence-electron chi connectivity index (χ1n) is 9.34. The number of ether oxygens (including phenoxy) is 1. The summed E-state index contributed by atoms with van der Waals surface area (Å²) in [4.78, 5) is 7.36.